The minimum Gasteiger partial charge on any atom is -0.390 e. The second-order valence-electron chi connectivity index (χ2n) is 4.19. The molecular formula is C11H21N3O3S. The van der Waals surface area contributed by atoms with Crippen molar-refractivity contribution in [2.24, 2.45) is 0 Å². The first kappa shape index (κ1) is 15.1. The fourth-order valence-corrected chi connectivity index (χ4v) is 3.84. The third-order valence-corrected chi connectivity index (χ3v) is 4.76. The number of hydrogen-bond acceptors (Lipinski definition) is 4. The SMILES string of the molecule is CCCN(CCC)S(=O)(=O)c1c(CO)n[nH]c1C. The molecule has 0 aliphatic rings. The molecule has 0 saturated carbocycles. The Morgan fingerprint density at radius 1 is 1.28 bits per heavy atom. The van der Waals surface area contributed by atoms with E-state index in [0.717, 1.165) is 12.8 Å². The maximum Gasteiger partial charge on any atom is 0.246 e. The number of H-pyrrole nitrogens is 1. The van der Waals surface area contributed by atoms with Crippen LogP contribution in [0.4, 0.5) is 0 Å². The largest absolute Gasteiger partial charge is 0.390 e. The van der Waals surface area contributed by atoms with E-state index in [9.17, 15) is 13.5 Å². The number of aliphatic hydroxyl groups excluding tert-OH is 1. The predicted octanol–water partition coefficient (Wildman–Crippen LogP) is 1.02. The van der Waals surface area contributed by atoms with E-state index in [0.29, 0.717) is 18.8 Å². The van der Waals surface area contributed by atoms with Crippen molar-refractivity contribution in [1.29, 1.82) is 0 Å². The van der Waals surface area contributed by atoms with Gasteiger partial charge >= 0.3 is 0 Å². The van der Waals surface area contributed by atoms with Gasteiger partial charge in [0.05, 0.1) is 12.3 Å². The summed E-state index contributed by atoms with van der Waals surface area (Å²) < 4.78 is 26.5. The number of rotatable bonds is 7. The average molecular weight is 275 g/mol. The van der Waals surface area contributed by atoms with Crippen LogP contribution in [0.15, 0.2) is 4.90 Å². The Bertz CT molecular complexity index is 476. The Balaban J connectivity index is 3.21. The van der Waals surface area contributed by atoms with Crippen molar-refractivity contribution < 1.29 is 13.5 Å². The number of aromatic amines is 1. The molecule has 0 spiro atoms. The van der Waals surface area contributed by atoms with Gasteiger partial charge in [0.2, 0.25) is 10.0 Å². The summed E-state index contributed by atoms with van der Waals surface area (Å²) in [6.45, 7) is 6.10. The van der Waals surface area contributed by atoms with E-state index in [4.69, 9.17) is 0 Å². The van der Waals surface area contributed by atoms with E-state index in [2.05, 4.69) is 10.2 Å². The molecule has 1 heterocycles. The zero-order valence-electron chi connectivity index (χ0n) is 11.1. The zero-order valence-corrected chi connectivity index (χ0v) is 11.9. The highest BCUT2D eigenvalue weighted by molar-refractivity contribution is 7.89. The molecule has 1 rings (SSSR count). The molecule has 0 unspecified atom stereocenters. The van der Waals surface area contributed by atoms with Crippen LogP contribution in [0.2, 0.25) is 0 Å². The van der Waals surface area contributed by atoms with Crippen LogP contribution in [-0.4, -0.2) is 41.1 Å². The van der Waals surface area contributed by atoms with Crippen LogP contribution in [0.25, 0.3) is 0 Å². The summed E-state index contributed by atoms with van der Waals surface area (Å²) in [5.41, 5.74) is 0.654. The molecule has 2 N–H and O–H groups in total. The number of hydrogen-bond donors (Lipinski definition) is 2. The lowest BCUT2D eigenvalue weighted by molar-refractivity contribution is 0.273. The number of aliphatic hydroxyl groups is 1. The molecule has 104 valence electrons. The van der Waals surface area contributed by atoms with E-state index >= 15 is 0 Å². The minimum atomic E-state index is -3.58. The van der Waals surface area contributed by atoms with Crippen LogP contribution in [0.3, 0.4) is 0 Å². The number of aromatic nitrogens is 2. The third-order valence-electron chi connectivity index (χ3n) is 2.65. The van der Waals surface area contributed by atoms with Crippen molar-refractivity contribution in [3.05, 3.63) is 11.4 Å². The predicted molar refractivity (Wildman–Crippen MR) is 68.6 cm³/mol. The first-order chi connectivity index (χ1) is 8.48. The number of nitrogens with zero attached hydrogens (tertiary/aromatic N) is 2. The summed E-state index contributed by atoms with van der Waals surface area (Å²) in [6, 6.07) is 0. The summed E-state index contributed by atoms with van der Waals surface area (Å²) >= 11 is 0. The van der Waals surface area contributed by atoms with Crippen molar-refractivity contribution in [1.82, 2.24) is 14.5 Å². The molecular weight excluding hydrogens is 254 g/mol. The summed E-state index contributed by atoms with van der Waals surface area (Å²) in [4.78, 5) is 0.118. The lowest BCUT2D eigenvalue weighted by Gasteiger charge is -2.21. The summed E-state index contributed by atoms with van der Waals surface area (Å²) in [6.07, 6.45) is 1.51. The molecule has 0 amide bonds. The van der Waals surface area contributed by atoms with Crippen LogP contribution in [0, 0.1) is 6.92 Å². The number of nitrogens with one attached hydrogen (secondary N) is 1. The van der Waals surface area contributed by atoms with Gasteiger partial charge in [-0.2, -0.15) is 9.40 Å². The van der Waals surface area contributed by atoms with Crippen LogP contribution in [-0.2, 0) is 16.6 Å². The van der Waals surface area contributed by atoms with Gasteiger partial charge in [0, 0.05) is 13.1 Å². The topological polar surface area (TPSA) is 86.3 Å². The van der Waals surface area contributed by atoms with Crippen LogP contribution < -0.4 is 0 Å². The molecule has 0 aromatic carbocycles. The van der Waals surface area contributed by atoms with E-state index in [1.807, 2.05) is 13.8 Å². The Labute approximate surface area is 108 Å². The molecule has 0 aliphatic heterocycles. The minimum absolute atomic E-state index is 0.118. The van der Waals surface area contributed by atoms with E-state index < -0.39 is 10.0 Å². The highest BCUT2D eigenvalue weighted by Crippen LogP contribution is 2.22. The normalized spacial score (nSPS) is 12.3. The quantitative estimate of drug-likeness (QED) is 0.778. The van der Waals surface area contributed by atoms with Gasteiger partial charge in [-0.05, 0) is 19.8 Å². The van der Waals surface area contributed by atoms with Gasteiger partial charge in [0.25, 0.3) is 0 Å². The van der Waals surface area contributed by atoms with Crippen LogP contribution in [0.5, 0.6) is 0 Å². The Morgan fingerprint density at radius 2 is 1.83 bits per heavy atom. The number of sulfonamides is 1. The van der Waals surface area contributed by atoms with Gasteiger partial charge < -0.3 is 5.11 Å². The molecule has 18 heavy (non-hydrogen) atoms. The maximum absolute atomic E-state index is 12.5. The highest BCUT2D eigenvalue weighted by atomic mass is 32.2. The molecule has 0 fully saturated rings. The van der Waals surface area contributed by atoms with Crippen molar-refractivity contribution >= 4 is 10.0 Å². The molecule has 0 aliphatic carbocycles. The fraction of sp³-hybridized carbons (Fsp3) is 0.727. The number of aryl methyl sites for hydroxylation is 1. The standard InChI is InChI=1S/C11H21N3O3S/c1-4-6-14(7-5-2)18(16,17)11-9(3)12-13-10(11)8-15/h15H,4-8H2,1-3H3,(H,12,13). The second kappa shape index (κ2) is 6.31. The van der Waals surface area contributed by atoms with Crippen LogP contribution >= 0.6 is 0 Å². The van der Waals surface area contributed by atoms with Crippen molar-refractivity contribution in [2.75, 3.05) is 13.1 Å². The fourth-order valence-electron chi connectivity index (χ4n) is 1.90. The first-order valence-electron chi connectivity index (χ1n) is 6.13. The summed E-state index contributed by atoms with van der Waals surface area (Å²) in [7, 11) is -3.58. The molecule has 0 radical (unpaired) electrons. The van der Waals surface area contributed by atoms with Gasteiger partial charge in [-0.25, -0.2) is 8.42 Å². The van der Waals surface area contributed by atoms with Gasteiger partial charge in [-0.15, -0.1) is 0 Å². The van der Waals surface area contributed by atoms with Gasteiger partial charge in [-0.3, -0.25) is 5.10 Å². The molecule has 6 nitrogen and oxygen atoms in total. The first-order valence-corrected chi connectivity index (χ1v) is 7.57. The third kappa shape index (κ3) is 2.90. The van der Waals surface area contributed by atoms with Crippen molar-refractivity contribution in [3.8, 4) is 0 Å². The molecule has 1 aromatic rings. The molecule has 7 heteroatoms. The van der Waals surface area contributed by atoms with Crippen LogP contribution in [0.1, 0.15) is 38.1 Å². The van der Waals surface area contributed by atoms with Gasteiger partial charge in [-0.1, -0.05) is 13.8 Å². The Kier molecular flexibility index (Phi) is 5.30. The smallest absolute Gasteiger partial charge is 0.246 e. The Morgan fingerprint density at radius 3 is 2.28 bits per heavy atom. The van der Waals surface area contributed by atoms with E-state index in [1.54, 1.807) is 6.92 Å². The maximum atomic E-state index is 12.5. The lowest BCUT2D eigenvalue weighted by Crippen LogP contribution is -2.33. The van der Waals surface area contributed by atoms with Crippen molar-refractivity contribution in [2.45, 2.75) is 45.1 Å². The second-order valence-corrected chi connectivity index (χ2v) is 6.06. The molecule has 0 atom stereocenters. The molecule has 0 bridgehead atoms. The van der Waals surface area contributed by atoms with E-state index in [-0.39, 0.29) is 17.2 Å². The molecule has 0 saturated heterocycles. The zero-order chi connectivity index (χ0) is 13.8. The monoisotopic (exact) mass is 275 g/mol. The van der Waals surface area contributed by atoms with Gasteiger partial charge in [0.15, 0.2) is 0 Å². The summed E-state index contributed by atoms with van der Waals surface area (Å²) in [5, 5.41) is 15.6. The summed E-state index contributed by atoms with van der Waals surface area (Å²) in [5.74, 6) is 0. The lowest BCUT2D eigenvalue weighted by atomic mass is 10.4. The highest BCUT2D eigenvalue weighted by Gasteiger charge is 2.29. The Hall–Kier alpha value is -0.920. The van der Waals surface area contributed by atoms with Crippen molar-refractivity contribution in [3.63, 3.8) is 0 Å². The van der Waals surface area contributed by atoms with Gasteiger partial charge in [0.1, 0.15) is 10.6 Å². The molecule has 1 aromatic heterocycles. The average Bonchev–Trinajstić information content (AvgIpc) is 2.70. The van der Waals surface area contributed by atoms with E-state index in [1.165, 1.54) is 4.31 Å².